The van der Waals surface area contributed by atoms with Crippen LogP contribution in [-0.4, -0.2) is 21.8 Å². The zero-order valence-corrected chi connectivity index (χ0v) is 18.0. The van der Waals surface area contributed by atoms with Crippen molar-refractivity contribution in [3.05, 3.63) is 80.8 Å². The second kappa shape index (κ2) is 8.38. The molecule has 0 saturated carbocycles. The first-order chi connectivity index (χ1) is 14.9. The Bertz CT molecular complexity index is 1170. The molecule has 1 aliphatic rings. The van der Waals surface area contributed by atoms with Crippen molar-refractivity contribution in [3.8, 4) is 11.8 Å². The summed E-state index contributed by atoms with van der Waals surface area (Å²) in [6.07, 6.45) is 0. The third kappa shape index (κ3) is 4.24. The van der Waals surface area contributed by atoms with Crippen LogP contribution >= 0.6 is 22.9 Å². The van der Waals surface area contributed by atoms with E-state index >= 15 is 0 Å². The normalized spacial score (nSPS) is 18.0. The maximum atomic E-state index is 13.1. The van der Waals surface area contributed by atoms with Gasteiger partial charge in [-0.2, -0.15) is 5.26 Å². The highest BCUT2D eigenvalue weighted by Gasteiger charge is 2.49. The number of nitriles is 1. The molecule has 1 aliphatic heterocycles. The zero-order valence-electron chi connectivity index (χ0n) is 16.5. The predicted octanol–water partition coefficient (Wildman–Crippen LogP) is 4.21. The lowest BCUT2D eigenvalue weighted by molar-refractivity contribution is -0.131. The number of hydrogen-bond acceptors (Lipinski definition) is 6. The monoisotopic (exact) mass is 452 g/mol. The van der Waals surface area contributed by atoms with Crippen molar-refractivity contribution in [2.24, 2.45) is 0 Å². The van der Waals surface area contributed by atoms with Gasteiger partial charge in [0.1, 0.15) is 22.9 Å². The lowest BCUT2D eigenvalue weighted by atomic mass is 9.91. The molecule has 1 N–H and O–H groups in total. The Morgan fingerprint density at radius 2 is 1.90 bits per heavy atom. The van der Waals surface area contributed by atoms with Crippen molar-refractivity contribution in [2.45, 2.75) is 25.6 Å². The van der Waals surface area contributed by atoms with E-state index in [-0.39, 0.29) is 19.1 Å². The highest BCUT2D eigenvalue weighted by Crippen LogP contribution is 2.30. The number of nitrogens with one attached hydrogen (secondary N) is 1. The van der Waals surface area contributed by atoms with Gasteiger partial charge in [-0.15, -0.1) is 11.3 Å². The minimum atomic E-state index is -1.19. The second-order valence-corrected chi connectivity index (χ2v) is 8.49. The number of rotatable bonds is 6. The number of benzene rings is 2. The molecule has 156 valence electrons. The van der Waals surface area contributed by atoms with E-state index in [0.717, 1.165) is 9.91 Å². The first kappa shape index (κ1) is 20.8. The average Bonchev–Trinajstić information content (AvgIpc) is 3.32. The summed E-state index contributed by atoms with van der Waals surface area (Å²) in [5, 5.41) is 14.9. The van der Waals surface area contributed by atoms with Crippen LogP contribution in [0.3, 0.4) is 0 Å². The van der Waals surface area contributed by atoms with E-state index in [9.17, 15) is 9.59 Å². The fourth-order valence-corrected chi connectivity index (χ4v) is 4.06. The molecule has 3 amide bonds. The molecule has 9 heteroatoms. The van der Waals surface area contributed by atoms with E-state index in [1.807, 2.05) is 6.07 Å². The molecular weight excluding hydrogens is 436 g/mol. The van der Waals surface area contributed by atoms with E-state index in [1.165, 1.54) is 11.3 Å². The van der Waals surface area contributed by atoms with Crippen molar-refractivity contribution in [1.29, 1.82) is 5.26 Å². The van der Waals surface area contributed by atoms with Crippen molar-refractivity contribution in [2.75, 3.05) is 0 Å². The van der Waals surface area contributed by atoms with Gasteiger partial charge in [0.25, 0.3) is 5.91 Å². The largest absolute Gasteiger partial charge is 0.486 e. The third-order valence-electron chi connectivity index (χ3n) is 4.96. The first-order valence-electron chi connectivity index (χ1n) is 9.35. The summed E-state index contributed by atoms with van der Waals surface area (Å²) in [7, 11) is 0. The maximum absolute atomic E-state index is 13.1. The zero-order chi connectivity index (χ0) is 22.0. The quantitative estimate of drug-likeness (QED) is 0.565. The highest BCUT2D eigenvalue weighted by molar-refractivity contribution is 7.09. The van der Waals surface area contributed by atoms with Crippen LogP contribution in [-0.2, 0) is 23.5 Å². The van der Waals surface area contributed by atoms with Gasteiger partial charge in [-0.1, -0.05) is 23.7 Å². The number of hydrogen-bond donors (Lipinski definition) is 1. The summed E-state index contributed by atoms with van der Waals surface area (Å²) in [5.74, 6) is 0.308. The van der Waals surface area contributed by atoms with Gasteiger partial charge >= 0.3 is 6.03 Å². The van der Waals surface area contributed by atoms with Crippen LogP contribution in [0.4, 0.5) is 4.79 Å². The van der Waals surface area contributed by atoms with Gasteiger partial charge in [0.15, 0.2) is 0 Å². The van der Waals surface area contributed by atoms with Gasteiger partial charge in [-0.3, -0.25) is 9.69 Å². The molecule has 0 bridgehead atoms. The number of amides is 3. The number of thiazole rings is 1. The molecule has 3 aromatic rings. The number of carbonyl (C=O) groups is 2. The molecule has 0 radical (unpaired) electrons. The molecule has 1 unspecified atom stereocenters. The smallest absolute Gasteiger partial charge is 0.325 e. The van der Waals surface area contributed by atoms with Crippen molar-refractivity contribution >= 4 is 34.9 Å². The summed E-state index contributed by atoms with van der Waals surface area (Å²) >= 11 is 7.26. The highest BCUT2D eigenvalue weighted by atomic mass is 35.5. The fourth-order valence-electron chi connectivity index (χ4n) is 3.24. The Kier molecular flexibility index (Phi) is 5.63. The number of halogens is 1. The number of nitrogens with zero attached hydrogens (tertiary/aromatic N) is 3. The molecule has 31 heavy (non-hydrogen) atoms. The van der Waals surface area contributed by atoms with E-state index in [4.69, 9.17) is 21.6 Å². The number of aromatic nitrogens is 1. The molecule has 4 rings (SSSR count). The molecule has 0 aliphatic carbocycles. The Labute approximate surface area is 187 Å². The molecule has 1 fully saturated rings. The van der Waals surface area contributed by atoms with Gasteiger partial charge in [-0.05, 0) is 48.9 Å². The Balaban J connectivity index is 1.43. The van der Waals surface area contributed by atoms with E-state index in [0.29, 0.717) is 27.6 Å². The molecule has 2 aromatic carbocycles. The Morgan fingerprint density at radius 1 is 1.19 bits per heavy atom. The van der Waals surface area contributed by atoms with Crippen molar-refractivity contribution < 1.29 is 14.3 Å². The third-order valence-corrected chi connectivity index (χ3v) is 6.08. The van der Waals surface area contributed by atoms with Crippen LogP contribution in [0.2, 0.25) is 5.02 Å². The maximum Gasteiger partial charge on any atom is 0.325 e. The van der Waals surface area contributed by atoms with Gasteiger partial charge in [0.05, 0.1) is 23.9 Å². The summed E-state index contributed by atoms with van der Waals surface area (Å²) in [4.78, 5) is 31.2. The molecule has 1 saturated heterocycles. The number of ether oxygens (including phenoxy) is 1. The average molecular weight is 453 g/mol. The number of urea groups is 1. The van der Waals surface area contributed by atoms with E-state index in [2.05, 4.69) is 10.3 Å². The van der Waals surface area contributed by atoms with Crippen LogP contribution in [0.1, 0.15) is 28.8 Å². The molecule has 0 spiro atoms. The first-order valence-corrected chi connectivity index (χ1v) is 10.6. The lowest BCUT2D eigenvalue weighted by Crippen LogP contribution is -2.40. The van der Waals surface area contributed by atoms with Gasteiger partial charge in [-0.25, -0.2) is 9.78 Å². The van der Waals surface area contributed by atoms with Gasteiger partial charge in [0.2, 0.25) is 0 Å². The van der Waals surface area contributed by atoms with E-state index < -0.39 is 11.6 Å². The number of imide groups is 1. The van der Waals surface area contributed by atoms with Gasteiger partial charge in [0, 0.05) is 10.4 Å². The SMILES string of the molecule is CC1(c2ccc(C#N)cc2)NC(=O)N(Cc2csc(COc3ccc(Cl)cc3)n2)C1=O. The predicted molar refractivity (Wildman–Crippen MR) is 115 cm³/mol. The Hall–Kier alpha value is -3.41. The second-order valence-electron chi connectivity index (χ2n) is 7.11. The van der Waals surface area contributed by atoms with Crippen LogP contribution in [0.5, 0.6) is 5.75 Å². The number of carbonyl (C=O) groups excluding carboxylic acids is 2. The fraction of sp³-hybridized carbons (Fsp3) is 0.182. The van der Waals surface area contributed by atoms with Crippen LogP contribution in [0.15, 0.2) is 53.9 Å². The van der Waals surface area contributed by atoms with Gasteiger partial charge < -0.3 is 10.1 Å². The standard InChI is InChI=1S/C22H17ClN4O3S/c1-22(15-4-2-14(10-24)3-5-15)20(28)27(21(29)26-22)11-17-13-31-19(25-17)12-30-18-8-6-16(23)7-9-18/h2-9,13H,11-12H2,1H3,(H,26,29). The molecule has 7 nitrogen and oxygen atoms in total. The topological polar surface area (TPSA) is 95.3 Å². The molecule has 2 heterocycles. The van der Waals surface area contributed by atoms with E-state index in [1.54, 1.807) is 60.8 Å². The minimum absolute atomic E-state index is 0.0635. The lowest BCUT2D eigenvalue weighted by Gasteiger charge is -2.22. The summed E-state index contributed by atoms with van der Waals surface area (Å²) in [6, 6.07) is 15.2. The molecular formula is C22H17ClN4O3S. The van der Waals surface area contributed by atoms with Crippen LogP contribution < -0.4 is 10.1 Å². The Morgan fingerprint density at radius 3 is 2.58 bits per heavy atom. The summed E-state index contributed by atoms with van der Waals surface area (Å²) < 4.78 is 5.69. The van der Waals surface area contributed by atoms with Crippen LogP contribution in [0, 0.1) is 11.3 Å². The van der Waals surface area contributed by atoms with Crippen molar-refractivity contribution in [3.63, 3.8) is 0 Å². The summed E-state index contributed by atoms with van der Waals surface area (Å²) in [5.41, 5.74) is 0.508. The van der Waals surface area contributed by atoms with Crippen molar-refractivity contribution in [1.82, 2.24) is 15.2 Å². The molecule has 1 atom stereocenters. The summed E-state index contributed by atoms with van der Waals surface area (Å²) in [6.45, 7) is 1.99. The molecule has 1 aromatic heterocycles. The van der Waals surface area contributed by atoms with Crippen LogP contribution in [0.25, 0.3) is 0 Å². The minimum Gasteiger partial charge on any atom is -0.486 e.